The van der Waals surface area contributed by atoms with Gasteiger partial charge in [0, 0.05) is 43.7 Å². The summed E-state index contributed by atoms with van der Waals surface area (Å²) in [6, 6.07) is 79.9. The van der Waals surface area contributed by atoms with Crippen molar-refractivity contribution in [2.24, 2.45) is 0 Å². The molecule has 0 aliphatic rings. The number of hydrogen-bond acceptors (Lipinski definition) is 1. The normalized spacial score (nSPS) is 12.1. The second-order valence-electron chi connectivity index (χ2n) is 16.9. The number of benzene rings is 11. The van der Waals surface area contributed by atoms with E-state index < -0.39 is 0 Å². The minimum absolute atomic E-state index is 0.894. The van der Waals surface area contributed by atoms with E-state index in [1.54, 1.807) is 0 Å². The average molecular weight is 801 g/mol. The summed E-state index contributed by atoms with van der Waals surface area (Å²) < 4.78 is 11.5. The third kappa shape index (κ3) is 5.02. The molecule has 0 N–H and O–H groups in total. The molecule has 11 aromatic carbocycles. The Kier molecular flexibility index (Phi) is 7.11. The van der Waals surface area contributed by atoms with Crippen LogP contribution in [0.1, 0.15) is 0 Å². The average Bonchev–Trinajstić information content (AvgIpc) is 4.00. The maximum Gasteiger partial charge on any atom is 0.136 e. The summed E-state index contributed by atoms with van der Waals surface area (Å²) in [7, 11) is 0. The lowest BCUT2D eigenvalue weighted by Gasteiger charge is -2.15. The van der Waals surface area contributed by atoms with Crippen molar-refractivity contribution in [1.82, 2.24) is 9.13 Å². The van der Waals surface area contributed by atoms with Crippen molar-refractivity contribution in [3.8, 4) is 33.6 Å². The first kappa shape index (κ1) is 34.3. The van der Waals surface area contributed by atoms with Gasteiger partial charge in [-0.3, -0.25) is 0 Å². The number of furan rings is 1. The second-order valence-corrected chi connectivity index (χ2v) is 16.9. The summed E-state index contributed by atoms with van der Waals surface area (Å²) in [6.45, 7) is 0. The van der Waals surface area contributed by atoms with Crippen molar-refractivity contribution in [2.75, 3.05) is 0 Å². The molecule has 0 radical (unpaired) electrons. The molecule has 3 heterocycles. The van der Waals surface area contributed by atoms with E-state index in [1.807, 2.05) is 0 Å². The van der Waals surface area contributed by atoms with Crippen molar-refractivity contribution < 1.29 is 4.42 Å². The van der Waals surface area contributed by atoms with Gasteiger partial charge in [-0.15, -0.1) is 0 Å². The summed E-state index contributed by atoms with van der Waals surface area (Å²) in [4.78, 5) is 0. The first-order valence-corrected chi connectivity index (χ1v) is 21.7. The van der Waals surface area contributed by atoms with Crippen LogP contribution in [0.15, 0.2) is 223 Å². The highest BCUT2D eigenvalue weighted by atomic mass is 16.3. The van der Waals surface area contributed by atoms with E-state index in [0.717, 1.165) is 38.9 Å². The standard InChI is InChI=1S/C60H36N2O/c1-2-17-43(18-3-1)61-53-23-11-10-21-47(53)50-32-40(26-28-54(50)61)41-27-29-55-51(33-41)59-46-20-9-6-13-37(46)25-30-56(59)62(55)44-31-42-16-7-8-19-45(42)49(36-44)48-22-12-24-57-60(48)52-34-38-14-4-5-15-39(38)35-58(52)63-57/h1-36H. The Balaban J connectivity index is 1.02. The molecule has 14 aromatic rings. The van der Waals surface area contributed by atoms with Crippen LogP contribution in [0.25, 0.3) is 131 Å². The summed E-state index contributed by atoms with van der Waals surface area (Å²) in [5.41, 5.74) is 13.6. The molecule has 0 spiro atoms. The molecular weight excluding hydrogens is 765 g/mol. The molecule has 14 rings (SSSR count). The number of nitrogens with zero attached hydrogens (tertiary/aromatic N) is 2. The Morgan fingerprint density at radius 3 is 1.71 bits per heavy atom. The molecule has 0 atom stereocenters. The SMILES string of the molecule is c1ccc(-n2c3ccccc3c3cc(-c4ccc5c(c4)c4c6ccccc6ccc4n5-c4cc(-c5cccc6oc7cc8ccccc8cc7c56)c5ccccc5c4)ccc32)cc1. The van der Waals surface area contributed by atoms with Crippen molar-refractivity contribution in [1.29, 1.82) is 0 Å². The van der Waals surface area contributed by atoms with E-state index in [1.165, 1.54) is 92.6 Å². The number of fused-ring (bicyclic) bond motifs is 13. The molecule has 292 valence electrons. The van der Waals surface area contributed by atoms with Crippen LogP contribution in [-0.2, 0) is 0 Å². The summed E-state index contributed by atoms with van der Waals surface area (Å²) in [6.07, 6.45) is 0. The van der Waals surface area contributed by atoms with Crippen molar-refractivity contribution in [3.63, 3.8) is 0 Å². The number of rotatable bonds is 4. The van der Waals surface area contributed by atoms with Gasteiger partial charge in [-0.2, -0.15) is 0 Å². The quantitative estimate of drug-likeness (QED) is 0.174. The molecule has 0 saturated carbocycles. The molecule has 0 amide bonds. The molecule has 0 unspecified atom stereocenters. The summed E-state index contributed by atoms with van der Waals surface area (Å²) in [5, 5.41) is 14.5. The predicted octanol–water partition coefficient (Wildman–Crippen LogP) is 16.6. The van der Waals surface area contributed by atoms with Gasteiger partial charge in [0.05, 0.1) is 22.1 Å². The third-order valence-electron chi connectivity index (χ3n) is 13.4. The fourth-order valence-corrected chi connectivity index (χ4v) is 10.6. The second kappa shape index (κ2) is 13.1. The van der Waals surface area contributed by atoms with E-state index in [2.05, 4.69) is 228 Å². The number of aromatic nitrogens is 2. The molecule has 0 bridgehead atoms. The Morgan fingerprint density at radius 1 is 0.270 bits per heavy atom. The molecule has 3 aromatic heterocycles. The minimum Gasteiger partial charge on any atom is -0.456 e. The lowest BCUT2D eigenvalue weighted by Crippen LogP contribution is -1.96. The molecule has 0 fully saturated rings. The molecule has 3 heteroatoms. The Labute approximate surface area is 361 Å². The number of para-hydroxylation sites is 2. The van der Waals surface area contributed by atoms with Crippen LogP contribution in [0.5, 0.6) is 0 Å². The molecule has 0 aliphatic carbocycles. The summed E-state index contributed by atoms with van der Waals surface area (Å²) in [5.74, 6) is 0. The Hall–Kier alpha value is -8.40. The molecular formula is C60H36N2O. The van der Waals surface area contributed by atoms with Gasteiger partial charge in [-0.25, -0.2) is 0 Å². The summed E-state index contributed by atoms with van der Waals surface area (Å²) >= 11 is 0. The van der Waals surface area contributed by atoms with Crippen LogP contribution in [-0.4, -0.2) is 9.13 Å². The van der Waals surface area contributed by atoms with Crippen LogP contribution in [0, 0.1) is 0 Å². The first-order chi connectivity index (χ1) is 31.2. The highest BCUT2D eigenvalue weighted by molar-refractivity contribution is 6.23. The predicted molar refractivity (Wildman–Crippen MR) is 266 cm³/mol. The van der Waals surface area contributed by atoms with Crippen molar-refractivity contribution >= 4 is 97.9 Å². The zero-order valence-electron chi connectivity index (χ0n) is 34.1. The molecule has 0 saturated heterocycles. The number of hydrogen-bond donors (Lipinski definition) is 0. The molecule has 0 aliphatic heterocycles. The lowest BCUT2D eigenvalue weighted by atomic mass is 9.93. The highest BCUT2D eigenvalue weighted by Crippen LogP contribution is 2.44. The van der Waals surface area contributed by atoms with E-state index in [4.69, 9.17) is 4.42 Å². The zero-order valence-corrected chi connectivity index (χ0v) is 34.1. The Morgan fingerprint density at radius 2 is 0.889 bits per heavy atom. The van der Waals surface area contributed by atoms with Crippen LogP contribution in [0.2, 0.25) is 0 Å². The van der Waals surface area contributed by atoms with Crippen LogP contribution >= 0.6 is 0 Å². The van der Waals surface area contributed by atoms with E-state index in [-0.39, 0.29) is 0 Å². The van der Waals surface area contributed by atoms with Crippen LogP contribution in [0.4, 0.5) is 0 Å². The molecule has 63 heavy (non-hydrogen) atoms. The maximum atomic E-state index is 6.60. The monoisotopic (exact) mass is 800 g/mol. The van der Waals surface area contributed by atoms with Gasteiger partial charge < -0.3 is 13.6 Å². The van der Waals surface area contributed by atoms with Crippen molar-refractivity contribution in [3.05, 3.63) is 218 Å². The van der Waals surface area contributed by atoms with E-state index in [9.17, 15) is 0 Å². The van der Waals surface area contributed by atoms with Gasteiger partial charge in [-0.1, -0.05) is 140 Å². The van der Waals surface area contributed by atoms with Gasteiger partial charge in [-0.05, 0) is 133 Å². The van der Waals surface area contributed by atoms with Crippen LogP contribution < -0.4 is 0 Å². The van der Waals surface area contributed by atoms with Gasteiger partial charge in [0.15, 0.2) is 0 Å². The maximum absolute atomic E-state index is 6.60. The highest BCUT2D eigenvalue weighted by Gasteiger charge is 2.21. The fourth-order valence-electron chi connectivity index (χ4n) is 10.6. The van der Waals surface area contributed by atoms with Gasteiger partial charge >= 0.3 is 0 Å². The fraction of sp³-hybridized carbons (Fsp3) is 0. The Bertz CT molecular complexity index is 4200. The zero-order chi connectivity index (χ0) is 41.2. The van der Waals surface area contributed by atoms with Gasteiger partial charge in [0.1, 0.15) is 11.2 Å². The van der Waals surface area contributed by atoms with Crippen LogP contribution in [0.3, 0.4) is 0 Å². The van der Waals surface area contributed by atoms with Gasteiger partial charge in [0.25, 0.3) is 0 Å². The van der Waals surface area contributed by atoms with Crippen molar-refractivity contribution in [2.45, 2.75) is 0 Å². The molecule has 3 nitrogen and oxygen atoms in total. The van der Waals surface area contributed by atoms with E-state index >= 15 is 0 Å². The van der Waals surface area contributed by atoms with Gasteiger partial charge in [0.2, 0.25) is 0 Å². The largest absolute Gasteiger partial charge is 0.456 e. The lowest BCUT2D eigenvalue weighted by molar-refractivity contribution is 0.669. The third-order valence-corrected chi connectivity index (χ3v) is 13.4. The van der Waals surface area contributed by atoms with E-state index in [0.29, 0.717) is 0 Å². The first-order valence-electron chi connectivity index (χ1n) is 21.7. The topological polar surface area (TPSA) is 23.0 Å². The minimum atomic E-state index is 0.894. The smallest absolute Gasteiger partial charge is 0.136 e.